The van der Waals surface area contributed by atoms with Crippen molar-refractivity contribution < 1.29 is 38.2 Å². The molecule has 0 aliphatic heterocycles. The maximum absolute atomic E-state index is 12.8. The second-order valence-electron chi connectivity index (χ2n) is 19.4. The van der Waals surface area contributed by atoms with Crippen LogP contribution in [0.25, 0.3) is 0 Å². The fourth-order valence-corrected chi connectivity index (χ4v) is 8.06. The molecular weight excluding hydrogens is 811 g/mol. The number of rotatable bonds is 49. The lowest BCUT2D eigenvalue weighted by Gasteiger charge is -2.34. The van der Waals surface area contributed by atoms with Crippen LogP contribution in [-0.4, -0.2) is 75.5 Å². The van der Waals surface area contributed by atoms with Crippen molar-refractivity contribution in [3.8, 4) is 0 Å². The zero-order valence-corrected chi connectivity index (χ0v) is 43.2. The lowest BCUT2D eigenvalue weighted by atomic mass is 10.0. The molecule has 65 heavy (non-hydrogen) atoms. The van der Waals surface area contributed by atoms with Gasteiger partial charge in [0.2, 0.25) is 0 Å². The second kappa shape index (κ2) is 47.8. The van der Waals surface area contributed by atoms with Crippen molar-refractivity contribution in [2.75, 3.05) is 41.0 Å². The first-order chi connectivity index (χ1) is 31.6. The van der Waals surface area contributed by atoms with E-state index in [4.69, 9.17) is 14.2 Å². The monoisotopic (exact) mass is 914 g/mol. The number of carbonyl (C=O) groups excluding carboxylic acids is 3. The highest BCUT2D eigenvalue weighted by molar-refractivity contribution is 5.70. The van der Waals surface area contributed by atoms with Crippen molar-refractivity contribution in [3.05, 3.63) is 48.6 Å². The Hall–Kier alpha value is -2.71. The first kappa shape index (κ1) is 62.3. The summed E-state index contributed by atoms with van der Waals surface area (Å²) >= 11 is 0. The van der Waals surface area contributed by atoms with E-state index in [9.17, 15) is 19.5 Å². The van der Waals surface area contributed by atoms with Gasteiger partial charge in [-0.3, -0.25) is 9.59 Å². The van der Waals surface area contributed by atoms with E-state index in [0.29, 0.717) is 12.8 Å². The summed E-state index contributed by atoms with van der Waals surface area (Å²) in [6.07, 6.45) is 58.6. The Morgan fingerprint density at radius 3 is 1.28 bits per heavy atom. The third-order valence-corrected chi connectivity index (χ3v) is 12.2. The van der Waals surface area contributed by atoms with Crippen LogP contribution in [0.5, 0.6) is 0 Å². The van der Waals surface area contributed by atoms with Gasteiger partial charge in [0.15, 0.2) is 6.10 Å². The average Bonchev–Trinajstić information content (AvgIpc) is 3.27. The number of carboxylic acids is 1. The molecule has 0 fully saturated rings. The molecule has 8 nitrogen and oxygen atoms in total. The summed E-state index contributed by atoms with van der Waals surface area (Å²) in [6, 6.07) is -0.727. The van der Waals surface area contributed by atoms with Gasteiger partial charge in [0, 0.05) is 19.3 Å². The van der Waals surface area contributed by atoms with Gasteiger partial charge in [-0.1, -0.05) is 223 Å². The predicted molar refractivity (Wildman–Crippen MR) is 273 cm³/mol. The molecule has 0 aromatic rings. The van der Waals surface area contributed by atoms with Crippen molar-refractivity contribution in [2.45, 2.75) is 257 Å². The van der Waals surface area contributed by atoms with Crippen molar-refractivity contribution in [2.24, 2.45) is 0 Å². The maximum Gasteiger partial charge on any atom is 0.306 e. The second-order valence-corrected chi connectivity index (χ2v) is 19.4. The lowest BCUT2D eigenvalue weighted by Crippen LogP contribution is -2.55. The number of nitrogens with zero attached hydrogens (tertiary/aromatic N) is 1. The van der Waals surface area contributed by atoms with Crippen LogP contribution in [-0.2, 0) is 28.6 Å². The molecule has 0 aliphatic carbocycles. The van der Waals surface area contributed by atoms with Gasteiger partial charge in [0.1, 0.15) is 12.6 Å². The molecule has 0 saturated heterocycles. The topological polar surface area (TPSA) is 102 Å². The fraction of sp³-hybridized carbons (Fsp3) is 0.807. The number of esters is 2. The first-order valence-corrected chi connectivity index (χ1v) is 27.2. The Morgan fingerprint density at radius 1 is 0.477 bits per heavy atom. The van der Waals surface area contributed by atoms with E-state index in [1.807, 2.05) is 21.1 Å². The van der Waals surface area contributed by atoms with E-state index in [1.165, 1.54) is 148 Å². The molecule has 0 aromatic heterocycles. The van der Waals surface area contributed by atoms with E-state index >= 15 is 0 Å². The summed E-state index contributed by atoms with van der Waals surface area (Å²) in [7, 11) is 5.42. The van der Waals surface area contributed by atoms with E-state index in [2.05, 4.69) is 62.5 Å². The lowest BCUT2D eigenvalue weighted by molar-refractivity contribution is -0.889. The minimum Gasteiger partial charge on any atom is -0.544 e. The smallest absolute Gasteiger partial charge is 0.306 e. The number of hydrogen-bond acceptors (Lipinski definition) is 7. The number of carboxylic acid groups (broad SMARTS) is 1. The van der Waals surface area contributed by atoms with Gasteiger partial charge in [0.25, 0.3) is 0 Å². The Bertz CT molecular complexity index is 1200. The number of carbonyl (C=O) groups is 3. The highest BCUT2D eigenvalue weighted by atomic mass is 16.6. The zero-order chi connectivity index (χ0) is 47.7. The maximum atomic E-state index is 12.8. The molecule has 0 heterocycles. The number of ether oxygens (including phenoxy) is 3. The Morgan fingerprint density at radius 2 is 0.862 bits per heavy atom. The van der Waals surface area contributed by atoms with Crippen molar-refractivity contribution >= 4 is 17.9 Å². The van der Waals surface area contributed by atoms with Gasteiger partial charge in [-0.05, 0) is 51.4 Å². The van der Waals surface area contributed by atoms with E-state index < -0.39 is 18.1 Å². The summed E-state index contributed by atoms with van der Waals surface area (Å²) in [5, 5.41) is 11.7. The van der Waals surface area contributed by atoms with E-state index in [0.717, 1.165) is 64.2 Å². The summed E-state index contributed by atoms with van der Waals surface area (Å²) in [5.41, 5.74) is 0. The van der Waals surface area contributed by atoms with Gasteiger partial charge in [-0.2, -0.15) is 0 Å². The Labute approximate surface area is 401 Å². The van der Waals surface area contributed by atoms with Crippen molar-refractivity contribution in [1.29, 1.82) is 0 Å². The molecule has 0 bridgehead atoms. The third kappa shape index (κ3) is 46.2. The van der Waals surface area contributed by atoms with Crippen LogP contribution in [0.4, 0.5) is 0 Å². The highest BCUT2D eigenvalue weighted by Crippen LogP contribution is 2.16. The molecule has 378 valence electrons. The van der Waals surface area contributed by atoms with E-state index in [-0.39, 0.29) is 42.7 Å². The Balaban J connectivity index is 4.19. The van der Waals surface area contributed by atoms with Crippen LogP contribution < -0.4 is 5.11 Å². The number of aliphatic carboxylic acids is 1. The molecule has 0 rings (SSSR count). The standard InChI is InChI=1S/C57H103NO7/c1-6-8-10-12-14-16-18-20-22-24-26-27-28-29-30-32-34-36-38-40-42-44-46-48-56(60)65-53(51-63-50-49-54(57(61)62)58(3,4)5)52-64-55(59)47-45-43-41-39-37-35-33-31-25-23-21-19-17-15-13-11-9-7-2/h8,10,14,16,20,22,26-27,53-54H,6-7,9,11-13,15,17-19,21,23-25,28-52H2,1-5H3/b10-8-,16-14-,22-20-,27-26-. The molecule has 2 unspecified atom stereocenters. The number of quaternary nitrogens is 1. The van der Waals surface area contributed by atoms with Gasteiger partial charge in [0.05, 0.1) is 40.3 Å². The number of likely N-dealkylation sites (N-methyl/N-ethyl adjacent to an activating group) is 1. The van der Waals surface area contributed by atoms with Crippen LogP contribution in [0.2, 0.25) is 0 Å². The molecule has 0 N–H and O–H groups in total. The fourth-order valence-electron chi connectivity index (χ4n) is 8.06. The third-order valence-electron chi connectivity index (χ3n) is 12.2. The van der Waals surface area contributed by atoms with Gasteiger partial charge >= 0.3 is 11.9 Å². The summed E-state index contributed by atoms with van der Waals surface area (Å²) in [5.74, 6) is -1.73. The van der Waals surface area contributed by atoms with Crippen LogP contribution in [0.15, 0.2) is 48.6 Å². The number of allylic oxidation sites excluding steroid dienone is 8. The summed E-state index contributed by atoms with van der Waals surface area (Å²) in [6.45, 7) is 4.58. The molecule has 0 spiro atoms. The van der Waals surface area contributed by atoms with Gasteiger partial charge < -0.3 is 28.6 Å². The Kier molecular flexibility index (Phi) is 45.8. The van der Waals surface area contributed by atoms with Crippen LogP contribution in [0.3, 0.4) is 0 Å². The molecule has 2 atom stereocenters. The number of unbranched alkanes of at least 4 members (excludes halogenated alkanes) is 27. The molecule has 0 aromatic carbocycles. The van der Waals surface area contributed by atoms with Gasteiger partial charge in [-0.25, -0.2) is 0 Å². The quantitative estimate of drug-likeness (QED) is 0.0259. The largest absolute Gasteiger partial charge is 0.544 e. The van der Waals surface area contributed by atoms with Crippen molar-refractivity contribution in [1.82, 2.24) is 0 Å². The average molecular weight is 914 g/mol. The molecule has 0 amide bonds. The first-order valence-electron chi connectivity index (χ1n) is 27.2. The highest BCUT2D eigenvalue weighted by Gasteiger charge is 2.25. The molecular formula is C57H103NO7. The van der Waals surface area contributed by atoms with Crippen molar-refractivity contribution in [3.63, 3.8) is 0 Å². The number of hydrogen-bond donors (Lipinski definition) is 0. The predicted octanol–water partition coefficient (Wildman–Crippen LogP) is 14.6. The molecule has 0 aliphatic rings. The van der Waals surface area contributed by atoms with Crippen LogP contribution >= 0.6 is 0 Å². The zero-order valence-electron chi connectivity index (χ0n) is 43.2. The minimum absolute atomic E-state index is 0.0412. The minimum atomic E-state index is -1.12. The van der Waals surface area contributed by atoms with Crippen LogP contribution in [0.1, 0.15) is 245 Å². The molecule has 0 saturated carbocycles. The molecule has 0 radical (unpaired) electrons. The van der Waals surface area contributed by atoms with Crippen LogP contribution in [0, 0.1) is 0 Å². The SMILES string of the molecule is CC/C=C\C/C=C\C/C=C\C/C=C\CCCCCCCCCCCCC(=O)OC(COCCC(C(=O)[O-])[N+](C)(C)C)COC(=O)CCCCCCCCCCCCCCCCCCCC. The molecule has 8 heteroatoms. The van der Waals surface area contributed by atoms with Gasteiger partial charge in [-0.15, -0.1) is 0 Å². The van der Waals surface area contributed by atoms with E-state index in [1.54, 1.807) is 0 Å². The summed E-state index contributed by atoms with van der Waals surface area (Å²) in [4.78, 5) is 37.1. The summed E-state index contributed by atoms with van der Waals surface area (Å²) < 4.78 is 17.3. The normalized spacial score (nSPS) is 13.2.